The van der Waals surface area contributed by atoms with Crippen LogP contribution in [0.5, 0.6) is 0 Å². The molecular weight excluding hydrogens is 352 g/mol. The smallest absolute Gasteiger partial charge is 0.291 e. The van der Waals surface area contributed by atoms with Crippen molar-refractivity contribution in [2.75, 3.05) is 38.0 Å². The van der Waals surface area contributed by atoms with Gasteiger partial charge in [-0.3, -0.25) is 14.5 Å². The fourth-order valence-electron chi connectivity index (χ4n) is 2.59. The number of hydrogen-bond donors (Lipinski definition) is 1. The third-order valence-corrected chi connectivity index (χ3v) is 4.84. The van der Waals surface area contributed by atoms with E-state index in [1.54, 1.807) is 34.1 Å². The molecule has 6 nitrogen and oxygen atoms in total. The minimum Gasteiger partial charge on any atom is -0.459 e. The number of thiophene rings is 1. The molecule has 0 aliphatic carbocycles. The average Bonchev–Trinajstić information content (AvgIpc) is 3.26. The van der Waals surface area contributed by atoms with Gasteiger partial charge in [0.25, 0.3) is 18.2 Å². The average molecular weight is 369 g/mol. The van der Waals surface area contributed by atoms with E-state index in [-0.39, 0.29) is 24.1 Å². The highest BCUT2D eigenvalue weighted by molar-refractivity contribution is 7.18. The third kappa shape index (κ3) is 4.43. The standard InChI is InChI=1S/C16H17F2N3O3S/c17-13(18)10-20-5-7-21(8-6-20)16(23)12-3-4-14(25-12)19-15(22)11-2-1-9-24-11/h1-4,9,13H,5-8,10H2,(H,19,22). The van der Waals surface area contributed by atoms with Crippen LogP contribution >= 0.6 is 11.3 Å². The largest absolute Gasteiger partial charge is 0.459 e. The van der Waals surface area contributed by atoms with Gasteiger partial charge >= 0.3 is 0 Å². The predicted molar refractivity (Wildman–Crippen MR) is 89.3 cm³/mol. The number of amides is 2. The van der Waals surface area contributed by atoms with Crippen LogP contribution in [0.3, 0.4) is 0 Å². The van der Waals surface area contributed by atoms with Gasteiger partial charge in [0.2, 0.25) is 0 Å². The Hall–Kier alpha value is -2.26. The first-order valence-corrected chi connectivity index (χ1v) is 8.59. The second kappa shape index (κ2) is 7.75. The Morgan fingerprint density at radius 1 is 1.20 bits per heavy atom. The van der Waals surface area contributed by atoms with Crippen molar-refractivity contribution in [2.24, 2.45) is 0 Å². The Bertz CT molecular complexity index is 725. The molecule has 0 radical (unpaired) electrons. The number of hydrogen-bond acceptors (Lipinski definition) is 5. The molecule has 25 heavy (non-hydrogen) atoms. The zero-order valence-corrected chi connectivity index (χ0v) is 14.1. The number of rotatable bonds is 5. The van der Waals surface area contributed by atoms with E-state index in [1.807, 2.05) is 0 Å². The number of alkyl halides is 2. The first-order chi connectivity index (χ1) is 12.0. The number of nitrogens with one attached hydrogen (secondary N) is 1. The number of furan rings is 1. The van der Waals surface area contributed by atoms with Crippen molar-refractivity contribution >= 4 is 28.2 Å². The molecule has 0 spiro atoms. The monoisotopic (exact) mass is 369 g/mol. The summed E-state index contributed by atoms with van der Waals surface area (Å²) in [7, 11) is 0. The van der Waals surface area contributed by atoms with E-state index in [4.69, 9.17) is 4.42 Å². The summed E-state index contributed by atoms with van der Waals surface area (Å²) < 4.78 is 29.8. The van der Waals surface area contributed by atoms with E-state index in [1.165, 1.54) is 17.6 Å². The summed E-state index contributed by atoms with van der Waals surface area (Å²) in [5.74, 6) is -0.344. The molecule has 2 aromatic heterocycles. The molecule has 1 fully saturated rings. The van der Waals surface area contributed by atoms with Gasteiger partial charge in [0.05, 0.1) is 22.7 Å². The number of halogens is 2. The Morgan fingerprint density at radius 2 is 1.96 bits per heavy atom. The van der Waals surface area contributed by atoms with Crippen molar-refractivity contribution in [3.8, 4) is 0 Å². The van der Waals surface area contributed by atoms with E-state index in [2.05, 4.69) is 5.32 Å². The maximum absolute atomic E-state index is 12.5. The molecule has 3 rings (SSSR count). The fraction of sp³-hybridized carbons (Fsp3) is 0.375. The minimum atomic E-state index is -2.36. The molecule has 1 aliphatic rings. The third-order valence-electron chi connectivity index (χ3n) is 3.85. The van der Waals surface area contributed by atoms with Crippen molar-refractivity contribution in [2.45, 2.75) is 6.43 Å². The topological polar surface area (TPSA) is 65.8 Å². The van der Waals surface area contributed by atoms with E-state index in [0.29, 0.717) is 36.1 Å². The Morgan fingerprint density at radius 3 is 2.60 bits per heavy atom. The van der Waals surface area contributed by atoms with Gasteiger partial charge in [0, 0.05) is 26.2 Å². The molecule has 2 aromatic rings. The molecule has 0 bridgehead atoms. The lowest BCUT2D eigenvalue weighted by atomic mass is 10.3. The van der Waals surface area contributed by atoms with Gasteiger partial charge in [-0.25, -0.2) is 8.78 Å². The minimum absolute atomic E-state index is 0.153. The van der Waals surface area contributed by atoms with Gasteiger partial charge in [-0.2, -0.15) is 0 Å². The van der Waals surface area contributed by atoms with Crippen LogP contribution in [0.4, 0.5) is 13.8 Å². The number of carbonyl (C=O) groups is 2. The summed E-state index contributed by atoms with van der Waals surface area (Å²) >= 11 is 1.17. The molecule has 134 valence electrons. The maximum atomic E-state index is 12.5. The molecule has 1 aliphatic heterocycles. The molecule has 0 atom stereocenters. The Kier molecular flexibility index (Phi) is 5.44. The molecule has 2 amide bonds. The Balaban J connectivity index is 1.55. The zero-order valence-electron chi connectivity index (χ0n) is 13.3. The lowest BCUT2D eigenvalue weighted by Gasteiger charge is -2.34. The van der Waals surface area contributed by atoms with Crippen LogP contribution in [0.15, 0.2) is 34.9 Å². The number of piperazine rings is 1. The number of nitrogens with zero attached hydrogens (tertiary/aromatic N) is 2. The summed E-state index contributed by atoms with van der Waals surface area (Å²) in [4.78, 5) is 28.2. The van der Waals surface area contributed by atoms with Crippen molar-refractivity contribution in [1.29, 1.82) is 0 Å². The van der Waals surface area contributed by atoms with Gasteiger partial charge in [0.15, 0.2) is 5.76 Å². The van der Waals surface area contributed by atoms with E-state index < -0.39 is 6.43 Å². The predicted octanol–water partition coefficient (Wildman–Crippen LogP) is 2.62. The van der Waals surface area contributed by atoms with Gasteiger partial charge in [-0.15, -0.1) is 11.3 Å². The first-order valence-electron chi connectivity index (χ1n) is 7.77. The molecule has 3 heterocycles. The van der Waals surface area contributed by atoms with Gasteiger partial charge in [0.1, 0.15) is 0 Å². The van der Waals surface area contributed by atoms with Gasteiger partial charge in [-0.1, -0.05) is 0 Å². The highest BCUT2D eigenvalue weighted by atomic mass is 32.1. The zero-order chi connectivity index (χ0) is 17.8. The molecule has 0 aromatic carbocycles. The highest BCUT2D eigenvalue weighted by Crippen LogP contribution is 2.24. The summed E-state index contributed by atoms with van der Waals surface area (Å²) in [6.45, 7) is 1.44. The second-order valence-corrected chi connectivity index (χ2v) is 6.66. The van der Waals surface area contributed by atoms with E-state index in [9.17, 15) is 18.4 Å². The van der Waals surface area contributed by atoms with E-state index in [0.717, 1.165) is 0 Å². The van der Waals surface area contributed by atoms with Crippen LogP contribution in [0.1, 0.15) is 20.2 Å². The lowest BCUT2D eigenvalue weighted by molar-refractivity contribution is 0.0462. The second-order valence-electron chi connectivity index (χ2n) is 5.58. The van der Waals surface area contributed by atoms with Crippen LogP contribution < -0.4 is 5.32 Å². The van der Waals surface area contributed by atoms with Crippen molar-refractivity contribution in [3.63, 3.8) is 0 Å². The summed E-state index contributed by atoms with van der Waals surface area (Å²) in [5, 5.41) is 3.22. The molecule has 0 unspecified atom stereocenters. The summed E-state index contributed by atoms with van der Waals surface area (Å²) in [6, 6.07) is 6.47. The summed E-state index contributed by atoms with van der Waals surface area (Å²) in [5.41, 5.74) is 0. The highest BCUT2D eigenvalue weighted by Gasteiger charge is 2.24. The van der Waals surface area contributed by atoms with Gasteiger partial charge in [-0.05, 0) is 24.3 Å². The van der Waals surface area contributed by atoms with Crippen LogP contribution in [0.25, 0.3) is 0 Å². The number of carbonyl (C=O) groups excluding carboxylic acids is 2. The van der Waals surface area contributed by atoms with Crippen LogP contribution in [-0.2, 0) is 0 Å². The fourth-order valence-corrected chi connectivity index (χ4v) is 3.46. The maximum Gasteiger partial charge on any atom is 0.291 e. The normalized spacial score (nSPS) is 15.6. The number of anilines is 1. The molecule has 1 saturated heterocycles. The van der Waals surface area contributed by atoms with Crippen LogP contribution in [0.2, 0.25) is 0 Å². The van der Waals surface area contributed by atoms with Gasteiger partial charge < -0.3 is 14.6 Å². The quantitative estimate of drug-likeness (QED) is 0.880. The first kappa shape index (κ1) is 17.6. The molecular formula is C16H17F2N3O3S. The van der Waals surface area contributed by atoms with E-state index >= 15 is 0 Å². The van der Waals surface area contributed by atoms with Crippen molar-refractivity contribution in [3.05, 3.63) is 41.2 Å². The molecule has 9 heteroatoms. The SMILES string of the molecule is O=C(Nc1ccc(C(=O)N2CCN(CC(F)F)CC2)s1)c1ccco1. The van der Waals surface area contributed by atoms with Crippen LogP contribution in [-0.4, -0.2) is 60.8 Å². The molecule has 0 saturated carbocycles. The van der Waals surface area contributed by atoms with Crippen LogP contribution in [0, 0.1) is 0 Å². The Labute approximate surface area is 147 Å². The van der Waals surface area contributed by atoms with Crippen molar-refractivity contribution < 1.29 is 22.8 Å². The summed E-state index contributed by atoms with van der Waals surface area (Å²) in [6.07, 6.45) is -0.953. The lowest BCUT2D eigenvalue weighted by Crippen LogP contribution is -2.49. The molecule has 1 N–H and O–H groups in total. The van der Waals surface area contributed by atoms with Crippen molar-refractivity contribution in [1.82, 2.24) is 9.80 Å².